The lowest BCUT2D eigenvalue weighted by Crippen LogP contribution is -2.14. The van der Waals surface area contributed by atoms with E-state index in [2.05, 4.69) is 5.32 Å². The van der Waals surface area contributed by atoms with Crippen LogP contribution in [0.5, 0.6) is 5.75 Å². The molecule has 2 rings (SSSR count). The van der Waals surface area contributed by atoms with Gasteiger partial charge in [-0.3, -0.25) is 9.59 Å². The van der Waals surface area contributed by atoms with E-state index in [1.54, 1.807) is 36.4 Å². The number of rotatable bonds is 6. The quantitative estimate of drug-likeness (QED) is 0.651. The van der Waals surface area contributed by atoms with Gasteiger partial charge in [0.1, 0.15) is 5.75 Å². The molecule has 0 saturated carbocycles. The third kappa shape index (κ3) is 4.67. The van der Waals surface area contributed by atoms with Crippen LogP contribution in [-0.2, 0) is 9.53 Å². The molecule has 0 unspecified atom stereocenters. The summed E-state index contributed by atoms with van der Waals surface area (Å²) in [4.78, 5) is 34.9. The van der Waals surface area contributed by atoms with Crippen LogP contribution >= 0.6 is 0 Å². The van der Waals surface area contributed by atoms with Crippen LogP contribution in [0, 0.1) is 0 Å². The summed E-state index contributed by atoms with van der Waals surface area (Å²) in [7, 11) is 1.51. The third-order valence-corrected chi connectivity index (χ3v) is 3.17. The van der Waals surface area contributed by atoms with Gasteiger partial charge in [0.25, 0.3) is 0 Å². The Morgan fingerprint density at radius 2 is 1.71 bits per heavy atom. The van der Waals surface area contributed by atoms with E-state index in [9.17, 15) is 14.4 Å². The summed E-state index contributed by atoms with van der Waals surface area (Å²) in [6.07, 6.45) is 0. The largest absolute Gasteiger partial charge is 0.497 e. The lowest BCUT2D eigenvalue weighted by Gasteiger charge is -2.07. The second kappa shape index (κ2) is 7.92. The molecule has 0 spiro atoms. The number of benzene rings is 2. The molecular weight excluding hydrogens is 310 g/mol. The number of hydrogen-bond acceptors (Lipinski definition) is 5. The van der Waals surface area contributed by atoms with Crippen molar-refractivity contribution < 1.29 is 23.9 Å². The number of amides is 1. The number of methoxy groups -OCH3 is 1. The average Bonchev–Trinajstić information content (AvgIpc) is 2.59. The topological polar surface area (TPSA) is 81.7 Å². The van der Waals surface area contributed by atoms with E-state index in [0.717, 1.165) is 0 Å². The molecule has 0 saturated heterocycles. The van der Waals surface area contributed by atoms with Crippen LogP contribution in [0.2, 0.25) is 0 Å². The number of hydrogen-bond donors (Lipinski definition) is 1. The van der Waals surface area contributed by atoms with E-state index >= 15 is 0 Å². The Kier molecular flexibility index (Phi) is 5.68. The van der Waals surface area contributed by atoms with Gasteiger partial charge in [-0.25, -0.2) is 4.79 Å². The molecule has 0 fully saturated rings. The Balaban J connectivity index is 1.94. The zero-order valence-corrected chi connectivity index (χ0v) is 13.4. The van der Waals surface area contributed by atoms with E-state index in [-0.39, 0.29) is 18.3 Å². The fraction of sp³-hybridized carbons (Fsp3) is 0.167. The molecule has 0 heterocycles. The van der Waals surface area contributed by atoms with Gasteiger partial charge in [-0.15, -0.1) is 0 Å². The first kappa shape index (κ1) is 17.2. The van der Waals surface area contributed by atoms with Gasteiger partial charge in [0.15, 0.2) is 12.4 Å². The number of Topliss-reactive ketones (excluding diaryl/α,β-unsaturated/α-hetero) is 1. The summed E-state index contributed by atoms with van der Waals surface area (Å²) in [6, 6.07) is 12.8. The molecule has 0 atom stereocenters. The Bertz CT molecular complexity index is 752. The molecule has 0 aliphatic carbocycles. The number of ether oxygens (including phenoxy) is 2. The summed E-state index contributed by atoms with van der Waals surface area (Å²) < 4.78 is 10.1. The molecule has 124 valence electrons. The molecule has 0 bridgehead atoms. The molecule has 2 aromatic carbocycles. The zero-order valence-electron chi connectivity index (χ0n) is 13.4. The number of esters is 1. The number of ketones is 1. The van der Waals surface area contributed by atoms with Crippen molar-refractivity contribution in [2.24, 2.45) is 0 Å². The highest BCUT2D eigenvalue weighted by Gasteiger charge is 2.12. The Labute approximate surface area is 139 Å². The predicted molar refractivity (Wildman–Crippen MR) is 88.4 cm³/mol. The molecule has 0 aliphatic rings. The van der Waals surface area contributed by atoms with Crippen molar-refractivity contribution in [1.29, 1.82) is 0 Å². The highest BCUT2D eigenvalue weighted by molar-refractivity contribution is 5.99. The van der Waals surface area contributed by atoms with Gasteiger partial charge in [-0.1, -0.05) is 12.1 Å². The monoisotopic (exact) mass is 327 g/mol. The van der Waals surface area contributed by atoms with Crippen LogP contribution in [0.3, 0.4) is 0 Å². The minimum atomic E-state index is -0.611. The van der Waals surface area contributed by atoms with Crippen molar-refractivity contribution >= 4 is 23.3 Å². The van der Waals surface area contributed by atoms with E-state index in [0.29, 0.717) is 22.6 Å². The molecule has 6 nitrogen and oxygen atoms in total. The predicted octanol–water partition coefficient (Wildman–Crippen LogP) is 2.69. The lowest BCUT2D eigenvalue weighted by atomic mass is 10.1. The first-order valence-corrected chi connectivity index (χ1v) is 7.21. The smallest absolute Gasteiger partial charge is 0.338 e. The highest BCUT2D eigenvalue weighted by Crippen LogP contribution is 2.14. The molecular formula is C18H17NO5. The van der Waals surface area contributed by atoms with Gasteiger partial charge in [-0.05, 0) is 36.4 Å². The number of carbonyl (C=O) groups is 3. The summed E-state index contributed by atoms with van der Waals surface area (Å²) >= 11 is 0. The molecule has 0 radical (unpaired) electrons. The Hall–Kier alpha value is -3.15. The zero-order chi connectivity index (χ0) is 17.5. The maximum Gasteiger partial charge on any atom is 0.338 e. The van der Waals surface area contributed by atoms with Gasteiger partial charge in [0.05, 0.1) is 12.7 Å². The summed E-state index contributed by atoms with van der Waals surface area (Å²) in [5.41, 5.74) is 1.28. The third-order valence-electron chi connectivity index (χ3n) is 3.17. The molecule has 1 N–H and O–H groups in total. The SMILES string of the molecule is COc1cccc(C(=O)COC(=O)c2ccc(NC(C)=O)cc2)c1. The number of nitrogens with one attached hydrogen (secondary N) is 1. The Morgan fingerprint density at radius 3 is 2.33 bits per heavy atom. The van der Waals surface area contributed by atoms with Crippen LogP contribution in [0.1, 0.15) is 27.6 Å². The Morgan fingerprint density at radius 1 is 1.00 bits per heavy atom. The molecule has 0 aliphatic heterocycles. The fourth-order valence-electron chi connectivity index (χ4n) is 1.99. The van der Waals surface area contributed by atoms with Gasteiger partial charge < -0.3 is 14.8 Å². The summed E-state index contributed by atoms with van der Waals surface area (Å²) in [6.45, 7) is 1.03. The maximum atomic E-state index is 12.0. The maximum absolute atomic E-state index is 12.0. The van der Waals surface area contributed by atoms with E-state index < -0.39 is 5.97 Å². The van der Waals surface area contributed by atoms with Crippen LogP contribution in [0.15, 0.2) is 48.5 Å². The lowest BCUT2D eigenvalue weighted by molar-refractivity contribution is -0.114. The van der Waals surface area contributed by atoms with Crippen LogP contribution < -0.4 is 10.1 Å². The minimum absolute atomic E-state index is 0.200. The van der Waals surface area contributed by atoms with Crippen LogP contribution in [0.25, 0.3) is 0 Å². The summed E-state index contributed by atoms with van der Waals surface area (Å²) in [5, 5.41) is 2.60. The number of anilines is 1. The second-order valence-corrected chi connectivity index (χ2v) is 4.99. The fourth-order valence-corrected chi connectivity index (χ4v) is 1.99. The van der Waals surface area contributed by atoms with Crippen molar-refractivity contribution in [3.05, 3.63) is 59.7 Å². The second-order valence-electron chi connectivity index (χ2n) is 4.99. The normalized spacial score (nSPS) is 9.92. The molecule has 0 aromatic heterocycles. The standard InChI is InChI=1S/C18H17NO5/c1-12(20)19-15-8-6-13(7-9-15)18(22)24-11-17(21)14-4-3-5-16(10-14)23-2/h3-10H,11H2,1-2H3,(H,19,20). The van der Waals surface area contributed by atoms with Gasteiger partial charge in [0.2, 0.25) is 5.91 Å². The van der Waals surface area contributed by atoms with Gasteiger partial charge in [0, 0.05) is 18.2 Å². The van der Waals surface area contributed by atoms with Crippen molar-refractivity contribution in [3.63, 3.8) is 0 Å². The minimum Gasteiger partial charge on any atom is -0.497 e. The van der Waals surface area contributed by atoms with Crippen molar-refractivity contribution in [2.45, 2.75) is 6.92 Å². The molecule has 1 amide bonds. The first-order valence-electron chi connectivity index (χ1n) is 7.21. The van der Waals surface area contributed by atoms with Gasteiger partial charge >= 0.3 is 5.97 Å². The van der Waals surface area contributed by atoms with Gasteiger partial charge in [-0.2, -0.15) is 0 Å². The van der Waals surface area contributed by atoms with Crippen molar-refractivity contribution in [2.75, 3.05) is 19.0 Å². The highest BCUT2D eigenvalue weighted by atomic mass is 16.5. The molecule has 6 heteroatoms. The van der Waals surface area contributed by atoms with Crippen LogP contribution in [-0.4, -0.2) is 31.4 Å². The van der Waals surface area contributed by atoms with E-state index in [1.807, 2.05) is 0 Å². The van der Waals surface area contributed by atoms with E-state index in [1.165, 1.54) is 26.2 Å². The molecule has 2 aromatic rings. The number of carbonyl (C=O) groups excluding carboxylic acids is 3. The first-order chi connectivity index (χ1) is 11.5. The van der Waals surface area contributed by atoms with E-state index in [4.69, 9.17) is 9.47 Å². The average molecular weight is 327 g/mol. The summed E-state index contributed by atoms with van der Waals surface area (Å²) in [5.74, 6) is -0.576. The van der Waals surface area contributed by atoms with Crippen LogP contribution in [0.4, 0.5) is 5.69 Å². The van der Waals surface area contributed by atoms with Crippen molar-refractivity contribution in [1.82, 2.24) is 0 Å². The molecule has 24 heavy (non-hydrogen) atoms. The van der Waals surface area contributed by atoms with Crippen molar-refractivity contribution in [3.8, 4) is 5.75 Å².